The molecule has 1 N–H and O–H groups in total. The molecular weight excluding hydrogens is 264 g/mol. The van der Waals surface area contributed by atoms with Gasteiger partial charge < -0.3 is 15.0 Å². The molecule has 1 aromatic carbocycles. The summed E-state index contributed by atoms with van der Waals surface area (Å²) in [5.41, 5.74) is 1.15. The van der Waals surface area contributed by atoms with Crippen LogP contribution in [0.2, 0.25) is 0 Å². The maximum Gasteiger partial charge on any atom is 0.223 e. The quantitative estimate of drug-likeness (QED) is 0.919. The molecule has 1 saturated heterocycles. The molecule has 1 amide bonds. The largest absolute Gasteiger partial charge is 0.493 e. The second kappa shape index (κ2) is 6.94. The smallest absolute Gasteiger partial charge is 0.223 e. The van der Waals surface area contributed by atoms with Crippen molar-refractivity contribution in [3.63, 3.8) is 0 Å². The first-order chi connectivity index (χ1) is 10.3. The number of nitrogens with one attached hydrogen (secondary N) is 1. The number of hydrogen-bond acceptors (Lipinski definition) is 3. The maximum atomic E-state index is 12.3. The summed E-state index contributed by atoms with van der Waals surface area (Å²) in [6.45, 7) is 4.73. The molecule has 4 nitrogen and oxygen atoms in total. The van der Waals surface area contributed by atoms with Crippen molar-refractivity contribution in [3.05, 3.63) is 29.8 Å². The summed E-state index contributed by atoms with van der Waals surface area (Å²) in [5.74, 6) is 1.14. The standard InChI is InChI=1S/C17H24N2O2/c20-17(18-8-11-19-9-3-4-10-19)15-7-12-21-16-6-2-1-5-14(16)13-15/h1-2,5-6,15H,3-4,7-13H2,(H,18,20). The van der Waals surface area contributed by atoms with E-state index in [4.69, 9.17) is 4.74 Å². The zero-order chi connectivity index (χ0) is 14.5. The number of carbonyl (C=O) groups excluding carboxylic acids is 1. The number of fused-ring (bicyclic) bond motifs is 1. The molecule has 0 bridgehead atoms. The molecular formula is C17H24N2O2. The van der Waals surface area contributed by atoms with Crippen LogP contribution >= 0.6 is 0 Å². The molecule has 2 aliphatic rings. The van der Waals surface area contributed by atoms with Gasteiger partial charge in [0.25, 0.3) is 0 Å². The third kappa shape index (κ3) is 3.76. The van der Waals surface area contributed by atoms with E-state index in [9.17, 15) is 4.79 Å². The van der Waals surface area contributed by atoms with Crippen molar-refractivity contribution in [3.8, 4) is 5.75 Å². The molecule has 0 aliphatic carbocycles. The van der Waals surface area contributed by atoms with Crippen molar-refractivity contribution >= 4 is 5.91 Å². The van der Waals surface area contributed by atoms with Crippen molar-refractivity contribution in [2.75, 3.05) is 32.8 Å². The average Bonchev–Trinajstić information content (AvgIpc) is 2.91. The van der Waals surface area contributed by atoms with E-state index in [2.05, 4.69) is 16.3 Å². The SMILES string of the molecule is O=C(NCCN1CCCC1)C1CCOc2ccccc2C1. The number of para-hydroxylation sites is 1. The molecule has 2 aliphatic heterocycles. The van der Waals surface area contributed by atoms with Crippen molar-refractivity contribution in [2.45, 2.75) is 25.7 Å². The molecule has 1 atom stereocenters. The van der Waals surface area contributed by atoms with Gasteiger partial charge in [0, 0.05) is 19.0 Å². The van der Waals surface area contributed by atoms with E-state index in [-0.39, 0.29) is 11.8 Å². The number of ether oxygens (including phenoxy) is 1. The van der Waals surface area contributed by atoms with Crippen LogP contribution in [0.3, 0.4) is 0 Å². The van der Waals surface area contributed by atoms with Gasteiger partial charge in [-0.05, 0) is 50.4 Å². The van der Waals surface area contributed by atoms with Gasteiger partial charge in [0.1, 0.15) is 5.75 Å². The number of likely N-dealkylation sites (tertiary alicyclic amines) is 1. The van der Waals surface area contributed by atoms with Crippen LogP contribution in [0.4, 0.5) is 0 Å². The zero-order valence-electron chi connectivity index (χ0n) is 12.5. The number of hydrogen-bond donors (Lipinski definition) is 1. The lowest BCUT2D eigenvalue weighted by molar-refractivity contribution is -0.125. The first-order valence-electron chi connectivity index (χ1n) is 8.04. The predicted molar refractivity (Wildman–Crippen MR) is 82.4 cm³/mol. The highest BCUT2D eigenvalue weighted by Crippen LogP contribution is 2.26. The number of benzene rings is 1. The Labute approximate surface area is 126 Å². The Morgan fingerprint density at radius 2 is 2.10 bits per heavy atom. The highest BCUT2D eigenvalue weighted by molar-refractivity contribution is 5.79. The van der Waals surface area contributed by atoms with Crippen LogP contribution in [-0.4, -0.2) is 43.6 Å². The molecule has 1 unspecified atom stereocenters. The van der Waals surface area contributed by atoms with Gasteiger partial charge in [0.05, 0.1) is 6.61 Å². The van der Waals surface area contributed by atoms with Crippen LogP contribution in [0.15, 0.2) is 24.3 Å². The summed E-state index contributed by atoms with van der Waals surface area (Å²) in [7, 11) is 0. The summed E-state index contributed by atoms with van der Waals surface area (Å²) in [4.78, 5) is 14.8. The van der Waals surface area contributed by atoms with Crippen LogP contribution in [0.5, 0.6) is 5.75 Å². The van der Waals surface area contributed by atoms with Gasteiger partial charge in [0.2, 0.25) is 5.91 Å². The summed E-state index contributed by atoms with van der Waals surface area (Å²) in [6, 6.07) is 8.04. The minimum atomic E-state index is 0.0345. The van der Waals surface area contributed by atoms with Crippen molar-refractivity contribution in [1.82, 2.24) is 10.2 Å². The van der Waals surface area contributed by atoms with Gasteiger partial charge in [-0.1, -0.05) is 18.2 Å². The van der Waals surface area contributed by atoms with Gasteiger partial charge in [0.15, 0.2) is 0 Å². The maximum absolute atomic E-state index is 12.3. The molecule has 0 radical (unpaired) electrons. The third-order valence-electron chi connectivity index (χ3n) is 4.46. The fourth-order valence-corrected chi connectivity index (χ4v) is 3.20. The van der Waals surface area contributed by atoms with E-state index in [1.54, 1.807) is 0 Å². The summed E-state index contributed by atoms with van der Waals surface area (Å²) in [5, 5.41) is 3.10. The molecule has 3 rings (SSSR count). The Kier molecular flexibility index (Phi) is 4.76. The second-order valence-corrected chi connectivity index (χ2v) is 5.99. The van der Waals surface area contributed by atoms with Crippen LogP contribution in [0, 0.1) is 5.92 Å². The average molecular weight is 288 g/mol. The monoisotopic (exact) mass is 288 g/mol. The minimum absolute atomic E-state index is 0.0345. The van der Waals surface area contributed by atoms with E-state index in [1.807, 2.05) is 18.2 Å². The number of carbonyl (C=O) groups is 1. The van der Waals surface area contributed by atoms with E-state index < -0.39 is 0 Å². The molecule has 114 valence electrons. The second-order valence-electron chi connectivity index (χ2n) is 5.99. The number of nitrogens with zero attached hydrogens (tertiary/aromatic N) is 1. The zero-order valence-corrected chi connectivity index (χ0v) is 12.5. The minimum Gasteiger partial charge on any atom is -0.493 e. The molecule has 0 spiro atoms. The fraction of sp³-hybridized carbons (Fsp3) is 0.588. The lowest BCUT2D eigenvalue weighted by atomic mass is 9.96. The molecule has 0 aromatic heterocycles. The highest BCUT2D eigenvalue weighted by Gasteiger charge is 2.23. The van der Waals surface area contributed by atoms with Crippen LogP contribution in [0.25, 0.3) is 0 Å². The summed E-state index contributed by atoms with van der Waals surface area (Å²) < 4.78 is 5.73. The number of amides is 1. The van der Waals surface area contributed by atoms with Gasteiger partial charge in [-0.25, -0.2) is 0 Å². The van der Waals surface area contributed by atoms with Crippen molar-refractivity contribution in [1.29, 1.82) is 0 Å². The highest BCUT2D eigenvalue weighted by atomic mass is 16.5. The van der Waals surface area contributed by atoms with E-state index in [0.717, 1.165) is 37.2 Å². The molecule has 2 heterocycles. The van der Waals surface area contributed by atoms with E-state index >= 15 is 0 Å². The van der Waals surface area contributed by atoms with Gasteiger partial charge in [-0.15, -0.1) is 0 Å². The first kappa shape index (κ1) is 14.4. The van der Waals surface area contributed by atoms with Crippen LogP contribution in [-0.2, 0) is 11.2 Å². The first-order valence-corrected chi connectivity index (χ1v) is 8.04. The van der Waals surface area contributed by atoms with Gasteiger partial charge in [-0.3, -0.25) is 4.79 Å². The molecule has 1 aromatic rings. The third-order valence-corrected chi connectivity index (χ3v) is 4.46. The van der Waals surface area contributed by atoms with Crippen LogP contribution in [0.1, 0.15) is 24.8 Å². The summed E-state index contributed by atoms with van der Waals surface area (Å²) >= 11 is 0. The Balaban J connectivity index is 1.50. The lowest BCUT2D eigenvalue weighted by Crippen LogP contribution is -2.37. The van der Waals surface area contributed by atoms with E-state index in [1.165, 1.54) is 25.9 Å². The molecule has 0 saturated carbocycles. The van der Waals surface area contributed by atoms with Crippen LogP contribution < -0.4 is 10.1 Å². The normalized spacial score (nSPS) is 22.2. The predicted octanol–water partition coefficient (Wildman–Crippen LogP) is 1.84. The van der Waals surface area contributed by atoms with Crippen molar-refractivity contribution in [2.24, 2.45) is 5.92 Å². The molecule has 1 fully saturated rings. The van der Waals surface area contributed by atoms with Gasteiger partial charge in [-0.2, -0.15) is 0 Å². The Hall–Kier alpha value is -1.55. The fourth-order valence-electron chi connectivity index (χ4n) is 3.20. The topological polar surface area (TPSA) is 41.6 Å². The number of rotatable bonds is 4. The molecule has 21 heavy (non-hydrogen) atoms. The lowest BCUT2D eigenvalue weighted by Gasteiger charge is -2.17. The van der Waals surface area contributed by atoms with Crippen molar-refractivity contribution < 1.29 is 9.53 Å². The Morgan fingerprint density at radius 3 is 2.95 bits per heavy atom. The van der Waals surface area contributed by atoms with Gasteiger partial charge >= 0.3 is 0 Å². The van der Waals surface area contributed by atoms with E-state index in [0.29, 0.717) is 6.61 Å². The Morgan fingerprint density at radius 1 is 1.29 bits per heavy atom. The Bertz CT molecular complexity index is 483. The summed E-state index contributed by atoms with van der Waals surface area (Å²) in [6.07, 6.45) is 4.17. The molecule has 4 heteroatoms.